The van der Waals surface area contributed by atoms with Crippen molar-refractivity contribution in [2.24, 2.45) is 17.6 Å². The quantitative estimate of drug-likeness (QED) is 0.106. The second-order valence-electron chi connectivity index (χ2n) is 11.6. The summed E-state index contributed by atoms with van der Waals surface area (Å²) in [5.74, 6) is -0.160. The van der Waals surface area contributed by atoms with E-state index in [1.165, 1.54) is 0 Å². The molecule has 0 spiro atoms. The van der Waals surface area contributed by atoms with Crippen molar-refractivity contribution in [3.63, 3.8) is 0 Å². The number of carbonyl (C=O) groups is 3. The van der Waals surface area contributed by atoms with E-state index in [1.807, 2.05) is 56.3 Å². The van der Waals surface area contributed by atoms with E-state index in [9.17, 15) is 14.4 Å². The summed E-state index contributed by atoms with van der Waals surface area (Å²) >= 11 is 0. The average molecular weight is 583 g/mol. The van der Waals surface area contributed by atoms with E-state index < -0.39 is 18.7 Å². The number of rotatable bonds is 17. The number of nitrogens with two attached hydrogens (primary N) is 1. The molecule has 9 nitrogen and oxygen atoms in total. The van der Waals surface area contributed by atoms with Gasteiger partial charge in [-0.1, -0.05) is 58.4 Å². The number of nitrogens with one attached hydrogen (secondary N) is 2. The highest BCUT2D eigenvalue weighted by Gasteiger charge is 2.21. The van der Waals surface area contributed by atoms with Gasteiger partial charge in [-0.2, -0.15) is 0 Å². The number of carbonyl (C=O) groups excluding carboxylic acids is 3. The summed E-state index contributed by atoms with van der Waals surface area (Å²) in [5, 5.41) is 5.99. The van der Waals surface area contributed by atoms with Crippen molar-refractivity contribution in [1.82, 2.24) is 0 Å². The van der Waals surface area contributed by atoms with Crippen molar-refractivity contribution < 1.29 is 23.9 Å². The first-order valence-electron chi connectivity index (χ1n) is 15.1. The van der Waals surface area contributed by atoms with Crippen molar-refractivity contribution in [2.45, 2.75) is 79.6 Å². The topological polar surface area (TPSA) is 123 Å². The molecule has 0 saturated carbocycles. The fraction of sp³-hybridized carbons (Fsp3) is 0.545. The number of benzene rings is 2. The maximum absolute atomic E-state index is 13.1. The lowest BCUT2D eigenvalue weighted by molar-refractivity contribution is -0.167. The Kier molecular flexibility index (Phi) is 14.9. The van der Waals surface area contributed by atoms with E-state index in [4.69, 9.17) is 15.2 Å². The number of aryl methyl sites for hydroxylation is 1. The standard InChI is InChI=1S/C33H50N4O5/c1-7-26(19-32(39)42-22-41-31(38)10-8-9-17-34)27-13-16-30(37(20-23(2)3)21-24(4)5)29(18-27)36-33(40)35-28-14-11-25(6)12-15-28/h11-16,18,23-24,26H,7-10,17,19-22,34H2,1-6H3,(H2,35,36,40)/t26-/m0/s1. The van der Waals surface area contributed by atoms with E-state index in [1.54, 1.807) is 0 Å². The number of amides is 2. The number of anilines is 3. The van der Waals surface area contributed by atoms with Crippen LogP contribution in [0.3, 0.4) is 0 Å². The molecule has 2 rings (SSSR count). The number of unbranched alkanes of at least 4 members (excludes halogenated alkanes) is 1. The molecule has 42 heavy (non-hydrogen) atoms. The summed E-state index contributed by atoms with van der Waals surface area (Å²) in [6.45, 7) is 14.5. The van der Waals surface area contributed by atoms with Gasteiger partial charge in [-0.15, -0.1) is 0 Å². The SMILES string of the molecule is CC[C@@H](CC(=O)OCOC(=O)CCCCN)c1ccc(N(CC(C)C)CC(C)C)c(NC(=O)Nc2ccc(C)cc2)c1. The molecule has 2 aromatic carbocycles. The lowest BCUT2D eigenvalue weighted by Crippen LogP contribution is -2.32. The molecule has 2 aromatic rings. The molecule has 0 saturated heterocycles. The first-order valence-corrected chi connectivity index (χ1v) is 15.1. The molecule has 0 aliphatic rings. The van der Waals surface area contributed by atoms with Crippen molar-refractivity contribution in [2.75, 3.05) is 42.0 Å². The van der Waals surface area contributed by atoms with Gasteiger partial charge in [0.15, 0.2) is 0 Å². The van der Waals surface area contributed by atoms with Crippen LogP contribution in [0.5, 0.6) is 0 Å². The van der Waals surface area contributed by atoms with Gasteiger partial charge in [-0.3, -0.25) is 9.59 Å². The first kappa shape index (κ1) is 34.6. The second-order valence-corrected chi connectivity index (χ2v) is 11.6. The van der Waals surface area contributed by atoms with E-state index in [0.29, 0.717) is 42.6 Å². The lowest BCUT2D eigenvalue weighted by atomic mass is 9.92. The molecule has 0 heterocycles. The van der Waals surface area contributed by atoms with Crippen LogP contribution in [0.15, 0.2) is 42.5 Å². The van der Waals surface area contributed by atoms with Crippen LogP contribution in [0.25, 0.3) is 0 Å². The van der Waals surface area contributed by atoms with E-state index in [2.05, 4.69) is 43.2 Å². The Bertz CT molecular complexity index is 1120. The Morgan fingerprint density at radius 2 is 1.52 bits per heavy atom. The summed E-state index contributed by atoms with van der Waals surface area (Å²) in [5.41, 5.74) is 9.77. The van der Waals surface area contributed by atoms with Crippen LogP contribution in [-0.4, -0.2) is 44.4 Å². The van der Waals surface area contributed by atoms with Gasteiger partial charge in [0.2, 0.25) is 6.79 Å². The van der Waals surface area contributed by atoms with Gasteiger partial charge in [0.25, 0.3) is 0 Å². The molecule has 0 radical (unpaired) electrons. The highest BCUT2D eigenvalue weighted by molar-refractivity contribution is 6.02. The normalized spacial score (nSPS) is 11.7. The van der Waals surface area contributed by atoms with Gasteiger partial charge >= 0.3 is 18.0 Å². The molecule has 232 valence electrons. The molecule has 1 atom stereocenters. The fourth-order valence-electron chi connectivity index (χ4n) is 4.66. The average Bonchev–Trinajstić information content (AvgIpc) is 2.92. The first-order chi connectivity index (χ1) is 20.0. The lowest BCUT2D eigenvalue weighted by Gasteiger charge is -2.31. The molecule has 2 amide bonds. The molecule has 0 aliphatic carbocycles. The van der Waals surface area contributed by atoms with Gasteiger partial charge in [-0.05, 0) is 80.3 Å². The molecule has 0 aromatic heterocycles. The monoisotopic (exact) mass is 582 g/mol. The summed E-state index contributed by atoms with van der Waals surface area (Å²) in [7, 11) is 0. The highest BCUT2D eigenvalue weighted by Crippen LogP contribution is 2.34. The van der Waals surface area contributed by atoms with E-state index in [0.717, 1.165) is 36.3 Å². The molecule has 0 fully saturated rings. The summed E-state index contributed by atoms with van der Waals surface area (Å²) < 4.78 is 10.2. The maximum atomic E-state index is 13.1. The van der Waals surface area contributed by atoms with Crippen LogP contribution in [0.1, 0.15) is 83.8 Å². The third-order valence-electron chi connectivity index (χ3n) is 6.74. The highest BCUT2D eigenvalue weighted by atomic mass is 16.7. The van der Waals surface area contributed by atoms with E-state index in [-0.39, 0.29) is 24.8 Å². The predicted molar refractivity (Wildman–Crippen MR) is 170 cm³/mol. The van der Waals surface area contributed by atoms with Gasteiger partial charge in [0, 0.05) is 25.2 Å². The number of urea groups is 1. The Balaban J connectivity index is 2.22. The van der Waals surface area contributed by atoms with Crippen LogP contribution < -0.4 is 21.3 Å². The third-order valence-corrected chi connectivity index (χ3v) is 6.74. The van der Waals surface area contributed by atoms with Crippen molar-refractivity contribution in [3.8, 4) is 0 Å². The zero-order valence-corrected chi connectivity index (χ0v) is 26.2. The predicted octanol–water partition coefficient (Wildman–Crippen LogP) is 6.81. The van der Waals surface area contributed by atoms with Crippen molar-refractivity contribution in [1.29, 1.82) is 0 Å². The smallest absolute Gasteiger partial charge is 0.323 e. The van der Waals surface area contributed by atoms with E-state index >= 15 is 0 Å². The van der Waals surface area contributed by atoms with Gasteiger partial charge in [0.1, 0.15) is 0 Å². The minimum Gasteiger partial charge on any atom is -0.428 e. The summed E-state index contributed by atoms with van der Waals surface area (Å²) in [6.07, 6.45) is 2.43. The number of hydrogen-bond acceptors (Lipinski definition) is 7. The second kappa shape index (κ2) is 18.1. The maximum Gasteiger partial charge on any atom is 0.323 e. The molecule has 0 aliphatic heterocycles. The van der Waals surface area contributed by atoms with Gasteiger partial charge < -0.3 is 30.7 Å². The molecule has 4 N–H and O–H groups in total. The fourth-order valence-corrected chi connectivity index (χ4v) is 4.66. The Morgan fingerprint density at radius 1 is 0.881 bits per heavy atom. The zero-order valence-electron chi connectivity index (χ0n) is 26.2. The number of nitrogens with zero attached hydrogens (tertiary/aromatic N) is 1. The molecule has 9 heteroatoms. The number of hydrogen-bond donors (Lipinski definition) is 3. The van der Waals surface area contributed by atoms with Crippen molar-refractivity contribution >= 4 is 35.0 Å². The Hall–Kier alpha value is -3.59. The summed E-state index contributed by atoms with van der Waals surface area (Å²) in [6, 6.07) is 13.3. The third kappa shape index (κ3) is 12.5. The summed E-state index contributed by atoms with van der Waals surface area (Å²) in [4.78, 5) is 39.8. The Labute approximate surface area is 251 Å². The van der Waals surface area contributed by atoms with Crippen LogP contribution in [0.4, 0.5) is 21.9 Å². The van der Waals surface area contributed by atoms with Gasteiger partial charge in [0.05, 0.1) is 17.8 Å². The molecular formula is C33H50N4O5. The van der Waals surface area contributed by atoms with Crippen LogP contribution >= 0.6 is 0 Å². The van der Waals surface area contributed by atoms with Crippen LogP contribution in [-0.2, 0) is 19.1 Å². The zero-order chi connectivity index (χ0) is 31.1. The minimum absolute atomic E-state index is 0.122. The largest absolute Gasteiger partial charge is 0.428 e. The minimum atomic E-state index is -0.450. The van der Waals surface area contributed by atoms with Gasteiger partial charge in [-0.25, -0.2) is 4.79 Å². The number of esters is 2. The Morgan fingerprint density at radius 3 is 2.12 bits per heavy atom. The molecular weight excluding hydrogens is 532 g/mol. The number of ether oxygens (including phenoxy) is 2. The molecule has 0 bridgehead atoms. The van der Waals surface area contributed by atoms with Crippen molar-refractivity contribution in [3.05, 3.63) is 53.6 Å². The van der Waals surface area contributed by atoms with Crippen LogP contribution in [0.2, 0.25) is 0 Å². The van der Waals surface area contributed by atoms with Crippen LogP contribution in [0, 0.1) is 18.8 Å². The molecule has 0 unspecified atom stereocenters.